The number of methoxy groups -OCH3 is 1. The van der Waals surface area contributed by atoms with E-state index in [1.165, 1.54) is 7.11 Å². The molecule has 0 spiro atoms. The van der Waals surface area contributed by atoms with Crippen LogP contribution in [0.15, 0.2) is 48.5 Å². The van der Waals surface area contributed by atoms with Crippen molar-refractivity contribution in [1.29, 1.82) is 0 Å². The molecule has 0 saturated carbocycles. The second kappa shape index (κ2) is 6.93. The number of para-hydroxylation sites is 1. The smallest absolute Gasteiger partial charge is 0.338 e. The van der Waals surface area contributed by atoms with E-state index >= 15 is 0 Å². The van der Waals surface area contributed by atoms with E-state index in [-0.39, 0.29) is 5.97 Å². The summed E-state index contributed by atoms with van der Waals surface area (Å²) in [6.45, 7) is 4.23. The maximum atomic E-state index is 11.8. The molecular formula is C18H20O3. The Balaban J connectivity index is 2.30. The number of esters is 1. The largest absolute Gasteiger partial charge is 0.465 e. The molecule has 0 atom stereocenters. The van der Waals surface area contributed by atoms with Crippen molar-refractivity contribution in [3.05, 3.63) is 59.7 Å². The van der Waals surface area contributed by atoms with Gasteiger partial charge in [-0.05, 0) is 48.2 Å². The fourth-order valence-electron chi connectivity index (χ4n) is 2.18. The Kier molecular flexibility index (Phi) is 4.99. The summed E-state index contributed by atoms with van der Waals surface area (Å²) < 4.78 is 10.7. The third-order valence-electron chi connectivity index (χ3n) is 3.09. The molecule has 2 rings (SSSR count). The zero-order chi connectivity index (χ0) is 15.2. The molecule has 0 aliphatic rings. The molecule has 0 N–H and O–H groups in total. The van der Waals surface area contributed by atoms with Crippen LogP contribution in [0.2, 0.25) is 0 Å². The summed E-state index contributed by atoms with van der Waals surface area (Å²) in [5.74, 6) is 1.64. The number of hydrogen-bond donors (Lipinski definition) is 0. The highest BCUT2D eigenvalue weighted by atomic mass is 16.5. The first-order chi connectivity index (χ1) is 10.1. The maximum absolute atomic E-state index is 11.8. The van der Waals surface area contributed by atoms with E-state index in [0.29, 0.717) is 11.5 Å². The zero-order valence-electron chi connectivity index (χ0n) is 12.6. The molecule has 2 aromatic carbocycles. The summed E-state index contributed by atoms with van der Waals surface area (Å²) >= 11 is 0. The van der Waals surface area contributed by atoms with Gasteiger partial charge in [0.25, 0.3) is 0 Å². The second-order valence-corrected chi connectivity index (χ2v) is 5.32. The monoisotopic (exact) mass is 284 g/mol. The molecule has 0 radical (unpaired) electrons. The minimum Gasteiger partial charge on any atom is -0.465 e. The third-order valence-corrected chi connectivity index (χ3v) is 3.09. The molecular weight excluding hydrogens is 264 g/mol. The lowest BCUT2D eigenvalue weighted by atomic mass is 9.97. The van der Waals surface area contributed by atoms with Crippen LogP contribution in [-0.4, -0.2) is 13.1 Å². The first kappa shape index (κ1) is 15.1. The van der Waals surface area contributed by atoms with Crippen molar-refractivity contribution in [2.45, 2.75) is 20.3 Å². The molecule has 0 bridgehead atoms. The van der Waals surface area contributed by atoms with Crippen LogP contribution in [-0.2, 0) is 11.2 Å². The van der Waals surface area contributed by atoms with Crippen molar-refractivity contribution < 1.29 is 14.3 Å². The predicted molar refractivity (Wildman–Crippen MR) is 82.8 cm³/mol. The van der Waals surface area contributed by atoms with E-state index in [9.17, 15) is 4.79 Å². The lowest BCUT2D eigenvalue weighted by Gasteiger charge is -2.13. The first-order valence-corrected chi connectivity index (χ1v) is 7.04. The van der Waals surface area contributed by atoms with Crippen LogP contribution in [0.25, 0.3) is 0 Å². The molecule has 0 heterocycles. The van der Waals surface area contributed by atoms with Crippen LogP contribution in [0.3, 0.4) is 0 Å². The van der Waals surface area contributed by atoms with Gasteiger partial charge in [-0.15, -0.1) is 0 Å². The Morgan fingerprint density at radius 1 is 1.05 bits per heavy atom. The minimum absolute atomic E-state index is 0.308. The van der Waals surface area contributed by atoms with Crippen LogP contribution in [0, 0.1) is 5.92 Å². The summed E-state index contributed by atoms with van der Waals surface area (Å²) in [6, 6.07) is 15.1. The van der Waals surface area contributed by atoms with Gasteiger partial charge in [-0.1, -0.05) is 32.0 Å². The van der Waals surface area contributed by atoms with Crippen LogP contribution in [0.5, 0.6) is 11.5 Å². The molecule has 0 aromatic heterocycles. The number of carbonyl (C=O) groups is 1. The first-order valence-electron chi connectivity index (χ1n) is 7.04. The Bertz CT molecular complexity index is 603. The topological polar surface area (TPSA) is 35.5 Å². The van der Waals surface area contributed by atoms with E-state index in [4.69, 9.17) is 9.47 Å². The maximum Gasteiger partial charge on any atom is 0.338 e. The van der Waals surface area contributed by atoms with Crippen molar-refractivity contribution in [1.82, 2.24) is 0 Å². The fraction of sp³-hybridized carbons (Fsp3) is 0.278. The van der Waals surface area contributed by atoms with Gasteiger partial charge in [0.15, 0.2) is 0 Å². The van der Waals surface area contributed by atoms with Crippen molar-refractivity contribution >= 4 is 5.97 Å². The van der Waals surface area contributed by atoms with E-state index in [0.717, 1.165) is 23.5 Å². The second-order valence-electron chi connectivity index (χ2n) is 5.32. The molecule has 0 saturated heterocycles. The van der Waals surface area contributed by atoms with Gasteiger partial charge in [0.2, 0.25) is 0 Å². The van der Waals surface area contributed by atoms with Gasteiger partial charge in [0.1, 0.15) is 11.5 Å². The highest BCUT2D eigenvalue weighted by Gasteiger charge is 2.14. The van der Waals surface area contributed by atoms with Crippen LogP contribution in [0.4, 0.5) is 0 Å². The molecule has 2 aromatic rings. The Morgan fingerprint density at radius 2 is 1.76 bits per heavy atom. The lowest BCUT2D eigenvalue weighted by Crippen LogP contribution is -2.08. The van der Waals surface area contributed by atoms with Gasteiger partial charge in [-0.25, -0.2) is 4.79 Å². The molecule has 3 heteroatoms. The molecule has 0 aliphatic carbocycles. The summed E-state index contributed by atoms with van der Waals surface area (Å²) in [5, 5.41) is 0. The highest BCUT2D eigenvalue weighted by molar-refractivity contribution is 5.91. The number of rotatable bonds is 5. The molecule has 3 nitrogen and oxygen atoms in total. The summed E-state index contributed by atoms with van der Waals surface area (Å²) in [7, 11) is 1.40. The van der Waals surface area contributed by atoms with E-state index in [1.54, 1.807) is 12.1 Å². The van der Waals surface area contributed by atoms with Crippen molar-refractivity contribution in [3.8, 4) is 11.5 Å². The highest BCUT2D eigenvalue weighted by Crippen LogP contribution is 2.25. The summed E-state index contributed by atoms with van der Waals surface area (Å²) in [4.78, 5) is 11.8. The molecule has 0 amide bonds. The lowest BCUT2D eigenvalue weighted by molar-refractivity contribution is 0.0599. The summed E-state index contributed by atoms with van der Waals surface area (Å²) in [6.07, 6.45) is 0.802. The Morgan fingerprint density at radius 3 is 2.38 bits per heavy atom. The zero-order valence-corrected chi connectivity index (χ0v) is 12.6. The standard InChI is InChI=1S/C18H20O3/c1-13(2)11-14-12-16(9-10-17(14)18(19)20-3)21-15-7-5-4-6-8-15/h4-10,12-13H,11H2,1-3H3. The quantitative estimate of drug-likeness (QED) is 0.760. The van der Waals surface area contributed by atoms with E-state index in [2.05, 4.69) is 13.8 Å². The number of benzene rings is 2. The number of hydrogen-bond acceptors (Lipinski definition) is 3. The van der Waals surface area contributed by atoms with Crippen molar-refractivity contribution in [2.75, 3.05) is 7.11 Å². The number of carbonyl (C=O) groups excluding carboxylic acids is 1. The van der Waals surface area contributed by atoms with Gasteiger partial charge < -0.3 is 9.47 Å². The molecule has 0 fully saturated rings. The van der Waals surface area contributed by atoms with Gasteiger partial charge in [-0.2, -0.15) is 0 Å². The van der Waals surface area contributed by atoms with Gasteiger partial charge in [-0.3, -0.25) is 0 Å². The normalized spacial score (nSPS) is 10.5. The van der Waals surface area contributed by atoms with Crippen molar-refractivity contribution in [3.63, 3.8) is 0 Å². The van der Waals surface area contributed by atoms with Crippen LogP contribution in [0.1, 0.15) is 29.8 Å². The molecule has 0 unspecified atom stereocenters. The van der Waals surface area contributed by atoms with Crippen LogP contribution < -0.4 is 4.74 Å². The summed E-state index contributed by atoms with van der Waals surface area (Å²) in [5.41, 5.74) is 1.55. The van der Waals surface area contributed by atoms with E-state index in [1.807, 2.05) is 36.4 Å². The third kappa shape index (κ3) is 4.09. The van der Waals surface area contributed by atoms with E-state index < -0.39 is 0 Å². The molecule has 21 heavy (non-hydrogen) atoms. The van der Waals surface area contributed by atoms with Gasteiger partial charge in [0, 0.05) is 0 Å². The Labute approximate surface area is 125 Å². The van der Waals surface area contributed by atoms with Gasteiger partial charge in [0.05, 0.1) is 12.7 Å². The SMILES string of the molecule is COC(=O)c1ccc(Oc2ccccc2)cc1CC(C)C. The number of ether oxygens (including phenoxy) is 2. The fourth-order valence-corrected chi connectivity index (χ4v) is 2.18. The van der Waals surface area contributed by atoms with Crippen molar-refractivity contribution in [2.24, 2.45) is 5.92 Å². The van der Waals surface area contributed by atoms with Gasteiger partial charge >= 0.3 is 5.97 Å². The minimum atomic E-state index is -0.308. The molecule has 110 valence electrons. The average Bonchev–Trinajstić information content (AvgIpc) is 2.47. The molecule has 0 aliphatic heterocycles. The Hall–Kier alpha value is -2.29. The predicted octanol–water partition coefficient (Wildman–Crippen LogP) is 4.46. The van der Waals surface area contributed by atoms with Crippen LogP contribution >= 0.6 is 0 Å². The average molecular weight is 284 g/mol.